The van der Waals surface area contributed by atoms with Gasteiger partial charge >= 0.3 is 11.9 Å². The van der Waals surface area contributed by atoms with E-state index >= 15 is 4.39 Å². The summed E-state index contributed by atoms with van der Waals surface area (Å²) < 4.78 is 33.3. The zero-order valence-corrected chi connectivity index (χ0v) is 19.7. The molecule has 0 saturated carbocycles. The molecule has 37 heavy (non-hydrogen) atoms. The van der Waals surface area contributed by atoms with Gasteiger partial charge in [0.05, 0.1) is 17.7 Å². The highest BCUT2D eigenvalue weighted by molar-refractivity contribution is 6.41. The summed E-state index contributed by atoms with van der Waals surface area (Å²) in [6.45, 7) is 0.419. The molecule has 0 spiro atoms. The highest BCUT2D eigenvalue weighted by atomic mass is 19.1. The molecule has 2 aromatic rings. The van der Waals surface area contributed by atoms with Crippen molar-refractivity contribution in [2.24, 2.45) is 20.8 Å². The van der Waals surface area contributed by atoms with E-state index in [4.69, 9.17) is 19.9 Å². The number of aliphatic hydroxyl groups is 1. The highest BCUT2D eigenvalue weighted by Gasteiger charge is 2.71. The first-order valence-corrected chi connectivity index (χ1v) is 11.5. The lowest BCUT2D eigenvalue weighted by atomic mass is 9.86. The highest BCUT2D eigenvalue weighted by Crippen LogP contribution is 2.47. The van der Waals surface area contributed by atoms with Crippen molar-refractivity contribution in [3.8, 4) is 0 Å². The van der Waals surface area contributed by atoms with Crippen LogP contribution in [0.3, 0.4) is 0 Å². The van der Waals surface area contributed by atoms with Crippen molar-refractivity contribution < 1.29 is 33.3 Å². The van der Waals surface area contributed by atoms with Crippen molar-refractivity contribution >= 4 is 29.9 Å². The van der Waals surface area contributed by atoms with Crippen LogP contribution in [0.5, 0.6) is 0 Å². The molecule has 0 radical (unpaired) electrons. The smallest absolute Gasteiger partial charge is 0.338 e. The second-order valence-corrected chi connectivity index (χ2v) is 8.85. The Morgan fingerprint density at radius 1 is 1.14 bits per heavy atom. The van der Waals surface area contributed by atoms with E-state index in [1.807, 2.05) is 0 Å². The third kappa shape index (κ3) is 4.23. The van der Waals surface area contributed by atoms with Gasteiger partial charge in [0.15, 0.2) is 17.8 Å². The van der Waals surface area contributed by atoms with Crippen molar-refractivity contribution in [3.63, 3.8) is 0 Å². The van der Waals surface area contributed by atoms with E-state index in [1.165, 1.54) is 17.1 Å². The van der Waals surface area contributed by atoms with Crippen LogP contribution in [0.15, 0.2) is 75.7 Å². The van der Waals surface area contributed by atoms with Crippen LogP contribution in [0.4, 0.5) is 4.39 Å². The third-order valence-electron chi connectivity index (χ3n) is 6.51. The largest absolute Gasteiger partial charge is 0.459 e. The SMILES string of the molecule is C[C@@]1(F)[C@H](OC(=O)c2ccccc2)[C@@H](COC(=O)c2ccccc2)O[C@@]1(O)C1CN=C2C(N)=NC=NN21. The van der Waals surface area contributed by atoms with Crippen LogP contribution in [0, 0.1) is 0 Å². The molecule has 11 nitrogen and oxygen atoms in total. The molecule has 0 bridgehead atoms. The fourth-order valence-corrected chi connectivity index (χ4v) is 4.54. The van der Waals surface area contributed by atoms with Gasteiger partial charge in [-0.3, -0.25) is 4.99 Å². The van der Waals surface area contributed by atoms with Gasteiger partial charge in [-0.1, -0.05) is 36.4 Å². The molecule has 192 valence electrons. The number of hydrogen-bond acceptors (Lipinski definition) is 11. The Labute approximate surface area is 211 Å². The molecule has 12 heteroatoms. The van der Waals surface area contributed by atoms with E-state index in [9.17, 15) is 14.7 Å². The van der Waals surface area contributed by atoms with E-state index in [-0.39, 0.29) is 29.3 Å². The average Bonchev–Trinajstić information content (AvgIpc) is 3.43. The van der Waals surface area contributed by atoms with Crippen molar-refractivity contribution in [1.29, 1.82) is 0 Å². The van der Waals surface area contributed by atoms with Gasteiger partial charge in [-0.15, -0.1) is 0 Å². The summed E-state index contributed by atoms with van der Waals surface area (Å²) in [7, 11) is 0. The number of alkyl halides is 1. The topological polar surface area (TPSA) is 148 Å². The number of benzene rings is 2. The number of rotatable bonds is 6. The molecule has 1 unspecified atom stereocenters. The van der Waals surface area contributed by atoms with Crippen LogP contribution in [0.1, 0.15) is 27.6 Å². The number of carbonyl (C=O) groups excluding carboxylic acids is 2. The summed E-state index contributed by atoms with van der Waals surface area (Å²) >= 11 is 0. The van der Waals surface area contributed by atoms with E-state index < -0.39 is 48.3 Å². The summed E-state index contributed by atoms with van der Waals surface area (Å²) in [5.41, 5.74) is 3.61. The number of hydrogen-bond donors (Lipinski definition) is 2. The van der Waals surface area contributed by atoms with Crippen LogP contribution >= 0.6 is 0 Å². The molecule has 5 atom stereocenters. The Balaban J connectivity index is 1.43. The zero-order valence-electron chi connectivity index (χ0n) is 19.7. The monoisotopic (exact) mass is 509 g/mol. The first-order chi connectivity index (χ1) is 17.7. The number of esters is 2. The lowest BCUT2D eigenvalue weighted by Gasteiger charge is -2.40. The van der Waals surface area contributed by atoms with Crippen LogP contribution in [-0.4, -0.2) is 82.9 Å². The standard InChI is InChI=1S/C25H24FN5O6/c1-24(26)19(36-23(33)16-10-6-3-7-11-16)17(13-35-22(32)15-8-4-2-5-9-15)37-25(24,34)18-12-28-21-20(27)29-14-30-31(18)21/h2-11,14,17-19,34H,12-13H2,1H3,(H2,27,29,30)/t17-,18?,19-,24-,25+/m1/s1. The lowest BCUT2D eigenvalue weighted by molar-refractivity contribution is -0.267. The Morgan fingerprint density at radius 3 is 2.41 bits per heavy atom. The summed E-state index contributed by atoms with van der Waals surface area (Å²) in [6, 6.07) is 15.0. The number of carbonyl (C=O) groups is 2. The molecule has 2 aromatic carbocycles. The van der Waals surface area contributed by atoms with E-state index in [2.05, 4.69) is 15.1 Å². The molecular formula is C25H24FN5O6. The van der Waals surface area contributed by atoms with E-state index in [0.29, 0.717) is 0 Å². The van der Waals surface area contributed by atoms with Crippen molar-refractivity contribution in [1.82, 2.24) is 5.01 Å². The van der Waals surface area contributed by atoms with Gasteiger partial charge in [-0.25, -0.2) is 24.0 Å². The summed E-state index contributed by atoms with van der Waals surface area (Å²) in [4.78, 5) is 33.5. The summed E-state index contributed by atoms with van der Waals surface area (Å²) in [5, 5.41) is 16.9. The molecule has 3 N–H and O–H groups in total. The summed E-state index contributed by atoms with van der Waals surface area (Å²) in [6.07, 6.45) is -1.87. The quantitative estimate of drug-likeness (QED) is 0.554. The number of hydrazone groups is 1. The Kier molecular flexibility index (Phi) is 6.21. The number of nitrogens with zero attached hydrogens (tertiary/aromatic N) is 4. The van der Waals surface area contributed by atoms with Crippen LogP contribution < -0.4 is 5.73 Å². The average molecular weight is 509 g/mol. The molecule has 3 aliphatic rings. The molecule has 1 saturated heterocycles. The predicted octanol–water partition coefficient (Wildman–Crippen LogP) is 1.28. The zero-order chi connectivity index (χ0) is 26.2. The number of nitrogens with two attached hydrogens (primary N) is 1. The lowest BCUT2D eigenvalue weighted by Crippen LogP contribution is -2.63. The number of amidine groups is 2. The number of halogens is 1. The Morgan fingerprint density at radius 2 is 1.76 bits per heavy atom. The van der Waals surface area contributed by atoms with Gasteiger partial charge in [-0.05, 0) is 31.2 Å². The van der Waals surface area contributed by atoms with Gasteiger partial charge in [0.2, 0.25) is 11.5 Å². The van der Waals surface area contributed by atoms with Gasteiger partial charge in [0.25, 0.3) is 0 Å². The van der Waals surface area contributed by atoms with Crippen LogP contribution in [0.25, 0.3) is 0 Å². The van der Waals surface area contributed by atoms with Gasteiger partial charge in [-0.2, -0.15) is 5.10 Å². The van der Waals surface area contributed by atoms with Crippen molar-refractivity contribution in [3.05, 3.63) is 71.8 Å². The van der Waals surface area contributed by atoms with Crippen LogP contribution in [-0.2, 0) is 14.2 Å². The maximum atomic E-state index is 16.6. The molecule has 0 aliphatic carbocycles. The maximum Gasteiger partial charge on any atom is 0.338 e. The first kappa shape index (κ1) is 24.5. The van der Waals surface area contributed by atoms with Crippen LogP contribution in [0.2, 0.25) is 0 Å². The number of ether oxygens (including phenoxy) is 3. The molecule has 1 fully saturated rings. The Bertz CT molecular complexity index is 1280. The minimum Gasteiger partial charge on any atom is -0.459 e. The molecule has 5 rings (SSSR count). The van der Waals surface area contributed by atoms with Crippen molar-refractivity contribution in [2.45, 2.75) is 36.6 Å². The molecule has 0 aromatic heterocycles. The fraction of sp³-hybridized carbons (Fsp3) is 0.320. The molecule has 0 amide bonds. The Hall–Kier alpha value is -4.16. The summed E-state index contributed by atoms with van der Waals surface area (Å²) in [5.74, 6) is -3.92. The van der Waals surface area contributed by atoms with E-state index in [0.717, 1.165) is 13.3 Å². The molecule has 3 heterocycles. The van der Waals surface area contributed by atoms with E-state index in [1.54, 1.807) is 48.5 Å². The number of fused-ring (bicyclic) bond motifs is 1. The van der Waals surface area contributed by atoms with Gasteiger partial charge < -0.3 is 25.1 Å². The van der Waals surface area contributed by atoms with Crippen molar-refractivity contribution in [2.75, 3.05) is 13.2 Å². The predicted molar refractivity (Wildman–Crippen MR) is 130 cm³/mol. The second kappa shape index (κ2) is 9.37. The molecule has 3 aliphatic heterocycles. The van der Waals surface area contributed by atoms with Gasteiger partial charge in [0, 0.05) is 0 Å². The fourth-order valence-electron chi connectivity index (χ4n) is 4.54. The molecular weight excluding hydrogens is 485 g/mol. The normalized spacial score (nSPS) is 30.4. The second-order valence-electron chi connectivity index (χ2n) is 8.85. The first-order valence-electron chi connectivity index (χ1n) is 11.5. The minimum absolute atomic E-state index is 0.0417. The number of aliphatic imine (C=N–C) groups is 2. The maximum absolute atomic E-state index is 16.6. The third-order valence-corrected chi connectivity index (χ3v) is 6.51. The van der Waals surface area contributed by atoms with Gasteiger partial charge in [0.1, 0.15) is 25.1 Å². The minimum atomic E-state index is -2.68.